The molecule has 21 heavy (non-hydrogen) atoms. The SMILES string of the molecule is CC(C)Cn1ncnc1COc1ccc(Cl)cc1[C@H](C)O. The lowest BCUT2D eigenvalue weighted by atomic mass is 10.1. The van der Waals surface area contributed by atoms with Gasteiger partial charge in [-0.1, -0.05) is 25.4 Å². The Morgan fingerprint density at radius 1 is 1.33 bits per heavy atom. The summed E-state index contributed by atoms with van der Waals surface area (Å²) >= 11 is 5.95. The summed E-state index contributed by atoms with van der Waals surface area (Å²) < 4.78 is 7.61. The fraction of sp³-hybridized carbons (Fsp3) is 0.467. The molecule has 0 unspecified atom stereocenters. The minimum Gasteiger partial charge on any atom is -0.485 e. The maximum atomic E-state index is 9.79. The molecule has 0 fully saturated rings. The summed E-state index contributed by atoms with van der Waals surface area (Å²) in [5.74, 6) is 1.85. The molecule has 1 N–H and O–H groups in total. The predicted octanol–water partition coefficient (Wildman–Crippen LogP) is 3.22. The molecule has 2 aromatic rings. The Labute approximate surface area is 129 Å². The first-order valence-corrected chi connectivity index (χ1v) is 7.32. The van der Waals surface area contributed by atoms with E-state index in [0.29, 0.717) is 28.9 Å². The third-order valence-corrected chi connectivity index (χ3v) is 3.25. The molecule has 114 valence electrons. The molecule has 0 spiro atoms. The van der Waals surface area contributed by atoms with Gasteiger partial charge in [-0.3, -0.25) is 0 Å². The highest BCUT2D eigenvalue weighted by molar-refractivity contribution is 6.30. The van der Waals surface area contributed by atoms with Crippen LogP contribution in [0.5, 0.6) is 5.75 Å². The molecule has 0 amide bonds. The number of hydrogen-bond acceptors (Lipinski definition) is 4. The zero-order valence-electron chi connectivity index (χ0n) is 12.5. The molecule has 1 heterocycles. The molecule has 0 aliphatic carbocycles. The van der Waals surface area contributed by atoms with Gasteiger partial charge in [0.2, 0.25) is 0 Å². The summed E-state index contributed by atoms with van der Waals surface area (Å²) in [5, 5.41) is 14.6. The van der Waals surface area contributed by atoms with Crippen molar-refractivity contribution in [2.45, 2.75) is 40.0 Å². The molecule has 0 saturated carbocycles. The van der Waals surface area contributed by atoms with Gasteiger partial charge < -0.3 is 9.84 Å². The first-order chi connectivity index (χ1) is 9.97. The third kappa shape index (κ3) is 4.19. The molecule has 0 saturated heterocycles. The van der Waals surface area contributed by atoms with Crippen LogP contribution in [0.1, 0.15) is 38.3 Å². The van der Waals surface area contributed by atoms with Crippen molar-refractivity contribution in [2.24, 2.45) is 5.92 Å². The summed E-state index contributed by atoms with van der Waals surface area (Å²) in [6.45, 7) is 7.02. The van der Waals surface area contributed by atoms with E-state index in [1.54, 1.807) is 25.1 Å². The Hall–Kier alpha value is -1.59. The maximum absolute atomic E-state index is 9.79. The van der Waals surface area contributed by atoms with Crippen molar-refractivity contribution >= 4 is 11.6 Å². The normalized spacial score (nSPS) is 12.7. The van der Waals surface area contributed by atoms with Crippen LogP contribution in [0.15, 0.2) is 24.5 Å². The smallest absolute Gasteiger partial charge is 0.164 e. The molecule has 6 heteroatoms. The molecule has 0 aliphatic rings. The molecule has 1 aromatic heterocycles. The molecular formula is C15H20ClN3O2. The number of rotatable bonds is 6. The summed E-state index contributed by atoms with van der Waals surface area (Å²) in [6, 6.07) is 5.20. The zero-order valence-corrected chi connectivity index (χ0v) is 13.2. The minimum atomic E-state index is -0.646. The van der Waals surface area contributed by atoms with Gasteiger partial charge in [-0.2, -0.15) is 5.10 Å². The Balaban J connectivity index is 2.12. The van der Waals surface area contributed by atoms with E-state index in [1.165, 1.54) is 6.33 Å². The van der Waals surface area contributed by atoms with E-state index in [4.69, 9.17) is 16.3 Å². The van der Waals surface area contributed by atoms with E-state index in [-0.39, 0.29) is 0 Å². The lowest BCUT2D eigenvalue weighted by Crippen LogP contribution is -2.12. The van der Waals surface area contributed by atoms with Crippen molar-refractivity contribution in [3.63, 3.8) is 0 Å². The molecular weight excluding hydrogens is 290 g/mol. The number of hydrogen-bond donors (Lipinski definition) is 1. The van der Waals surface area contributed by atoms with Gasteiger partial charge in [-0.05, 0) is 31.0 Å². The van der Waals surface area contributed by atoms with Gasteiger partial charge in [0, 0.05) is 17.1 Å². The Bertz CT molecular complexity index is 596. The first-order valence-electron chi connectivity index (χ1n) is 6.94. The maximum Gasteiger partial charge on any atom is 0.164 e. The highest BCUT2D eigenvalue weighted by atomic mass is 35.5. The van der Waals surface area contributed by atoms with Crippen molar-refractivity contribution in [3.05, 3.63) is 40.9 Å². The second kappa shape index (κ2) is 6.91. The highest BCUT2D eigenvalue weighted by Crippen LogP contribution is 2.28. The van der Waals surface area contributed by atoms with Crippen LogP contribution >= 0.6 is 11.6 Å². The van der Waals surface area contributed by atoms with Crippen LogP contribution in [-0.4, -0.2) is 19.9 Å². The molecule has 5 nitrogen and oxygen atoms in total. The van der Waals surface area contributed by atoms with E-state index in [9.17, 15) is 5.11 Å². The van der Waals surface area contributed by atoms with Crippen LogP contribution in [0.25, 0.3) is 0 Å². The van der Waals surface area contributed by atoms with Gasteiger partial charge in [0.1, 0.15) is 18.7 Å². The van der Waals surface area contributed by atoms with Crippen molar-refractivity contribution in [2.75, 3.05) is 0 Å². The largest absolute Gasteiger partial charge is 0.485 e. The summed E-state index contributed by atoms with van der Waals surface area (Å²) in [6.07, 6.45) is 0.880. The van der Waals surface area contributed by atoms with E-state index in [0.717, 1.165) is 12.4 Å². The van der Waals surface area contributed by atoms with E-state index >= 15 is 0 Å². The number of aliphatic hydroxyl groups is 1. The second-order valence-corrected chi connectivity index (χ2v) is 5.84. The number of aliphatic hydroxyl groups excluding tert-OH is 1. The molecule has 0 aliphatic heterocycles. The lowest BCUT2D eigenvalue weighted by molar-refractivity contribution is 0.189. The minimum absolute atomic E-state index is 0.300. The van der Waals surface area contributed by atoms with Crippen molar-refractivity contribution in [1.29, 1.82) is 0 Å². The fourth-order valence-electron chi connectivity index (χ4n) is 2.02. The van der Waals surface area contributed by atoms with Crippen LogP contribution in [0.3, 0.4) is 0 Å². The van der Waals surface area contributed by atoms with Gasteiger partial charge in [0.05, 0.1) is 6.10 Å². The van der Waals surface area contributed by atoms with Gasteiger partial charge in [-0.25, -0.2) is 9.67 Å². The van der Waals surface area contributed by atoms with Gasteiger partial charge in [0.15, 0.2) is 5.82 Å². The lowest BCUT2D eigenvalue weighted by Gasteiger charge is -2.14. The topological polar surface area (TPSA) is 60.2 Å². The van der Waals surface area contributed by atoms with Crippen LogP contribution in [-0.2, 0) is 13.2 Å². The Kier molecular flexibility index (Phi) is 5.20. The van der Waals surface area contributed by atoms with Gasteiger partial charge >= 0.3 is 0 Å². The number of ether oxygens (including phenoxy) is 1. The Morgan fingerprint density at radius 2 is 2.10 bits per heavy atom. The summed E-state index contributed by atoms with van der Waals surface area (Å²) in [5.41, 5.74) is 0.664. The van der Waals surface area contributed by atoms with Crippen LogP contribution in [0.4, 0.5) is 0 Å². The standard InChI is InChI=1S/C15H20ClN3O2/c1-10(2)7-19-15(17-9-18-19)8-21-14-5-4-12(16)6-13(14)11(3)20/h4-6,9-11,20H,7-8H2,1-3H3/t11-/m0/s1. The number of benzene rings is 1. The summed E-state index contributed by atoms with van der Waals surface area (Å²) in [7, 11) is 0. The summed E-state index contributed by atoms with van der Waals surface area (Å²) in [4.78, 5) is 4.21. The van der Waals surface area contributed by atoms with Crippen LogP contribution in [0.2, 0.25) is 5.02 Å². The van der Waals surface area contributed by atoms with E-state index in [1.807, 2.05) is 4.68 Å². The molecule has 0 bridgehead atoms. The quantitative estimate of drug-likeness (QED) is 0.890. The predicted molar refractivity (Wildman–Crippen MR) is 81.3 cm³/mol. The van der Waals surface area contributed by atoms with Crippen LogP contribution < -0.4 is 4.74 Å². The zero-order chi connectivity index (χ0) is 15.4. The second-order valence-electron chi connectivity index (χ2n) is 5.40. The fourth-order valence-corrected chi connectivity index (χ4v) is 2.20. The van der Waals surface area contributed by atoms with Crippen molar-refractivity contribution < 1.29 is 9.84 Å². The first kappa shape index (κ1) is 15.8. The molecule has 1 atom stereocenters. The van der Waals surface area contributed by atoms with Crippen molar-refractivity contribution in [3.8, 4) is 5.75 Å². The van der Waals surface area contributed by atoms with Crippen molar-refractivity contribution in [1.82, 2.24) is 14.8 Å². The molecule has 0 radical (unpaired) electrons. The monoisotopic (exact) mass is 309 g/mol. The highest BCUT2D eigenvalue weighted by Gasteiger charge is 2.12. The average molecular weight is 310 g/mol. The Morgan fingerprint density at radius 3 is 2.76 bits per heavy atom. The average Bonchev–Trinajstić information content (AvgIpc) is 2.83. The number of aromatic nitrogens is 3. The number of halogens is 1. The molecule has 1 aromatic carbocycles. The molecule has 2 rings (SSSR count). The number of nitrogens with zero attached hydrogens (tertiary/aromatic N) is 3. The van der Waals surface area contributed by atoms with E-state index < -0.39 is 6.10 Å². The van der Waals surface area contributed by atoms with E-state index in [2.05, 4.69) is 23.9 Å². The van der Waals surface area contributed by atoms with Crippen LogP contribution in [0, 0.1) is 5.92 Å². The van der Waals surface area contributed by atoms with Gasteiger partial charge in [-0.15, -0.1) is 0 Å². The third-order valence-electron chi connectivity index (χ3n) is 3.01. The van der Waals surface area contributed by atoms with Gasteiger partial charge in [0.25, 0.3) is 0 Å².